The van der Waals surface area contributed by atoms with Crippen LogP contribution in [-0.4, -0.2) is 88.2 Å². The first-order valence-electron chi connectivity index (χ1n) is 8.93. The summed E-state index contributed by atoms with van der Waals surface area (Å²) in [7, 11) is 0. The molecule has 0 saturated carbocycles. The zero-order valence-electron chi connectivity index (χ0n) is 15.0. The van der Waals surface area contributed by atoms with Crippen LogP contribution in [0.25, 0.3) is 0 Å². The number of carbonyl (C=O) groups is 2. The Hall–Kier alpha value is -2.17. The maximum Gasteiger partial charge on any atom is 0.471 e. The van der Waals surface area contributed by atoms with Crippen molar-refractivity contribution in [2.24, 2.45) is 0 Å². The molecule has 0 bridgehead atoms. The molecule has 3 heterocycles. The fourth-order valence-corrected chi connectivity index (χ4v) is 3.52. The average Bonchev–Trinajstić information content (AvgIpc) is 3.27. The normalized spacial score (nSPS) is 21.7. The summed E-state index contributed by atoms with van der Waals surface area (Å²) in [5.41, 5.74) is 0. The van der Waals surface area contributed by atoms with Gasteiger partial charge in [-0.05, 0) is 12.8 Å². The lowest BCUT2D eigenvalue weighted by atomic mass is 10.1. The van der Waals surface area contributed by atoms with E-state index in [1.54, 1.807) is 11.8 Å². The monoisotopic (exact) mass is 389 g/mol. The van der Waals surface area contributed by atoms with Crippen LogP contribution in [0.15, 0.2) is 4.42 Å². The van der Waals surface area contributed by atoms with E-state index in [0.29, 0.717) is 62.2 Å². The highest BCUT2D eigenvalue weighted by Crippen LogP contribution is 2.27. The number of rotatable bonds is 4. The quantitative estimate of drug-likeness (QED) is 0.751. The molecule has 2 saturated heterocycles. The van der Waals surface area contributed by atoms with E-state index in [0.717, 1.165) is 0 Å². The van der Waals surface area contributed by atoms with Crippen molar-refractivity contribution in [2.45, 2.75) is 38.4 Å². The molecular weight excluding hydrogens is 367 g/mol. The van der Waals surface area contributed by atoms with Gasteiger partial charge >= 0.3 is 12.1 Å². The Labute approximate surface area is 154 Å². The largest absolute Gasteiger partial charge is 0.471 e. The van der Waals surface area contributed by atoms with Crippen molar-refractivity contribution >= 4 is 11.8 Å². The molecule has 1 aromatic rings. The highest BCUT2D eigenvalue weighted by molar-refractivity contribution is 5.90. The molecule has 1 unspecified atom stereocenters. The Morgan fingerprint density at radius 1 is 1.15 bits per heavy atom. The fraction of sp³-hybridized carbons (Fsp3) is 0.750. The van der Waals surface area contributed by atoms with Gasteiger partial charge in [0, 0.05) is 52.6 Å². The average molecular weight is 389 g/mol. The number of aromatic nitrogens is 2. The molecular formula is C16H22F3N5O3. The highest BCUT2D eigenvalue weighted by Gasteiger charge is 2.48. The van der Waals surface area contributed by atoms with Gasteiger partial charge in [0.1, 0.15) is 6.04 Å². The second-order valence-corrected chi connectivity index (χ2v) is 6.79. The first-order chi connectivity index (χ1) is 12.8. The van der Waals surface area contributed by atoms with Gasteiger partial charge in [-0.1, -0.05) is 0 Å². The van der Waals surface area contributed by atoms with Crippen LogP contribution in [0.5, 0.6) is 0 Å². The van der Waals surface area contributed by atoms with Gasteiger partial charge in [0.05, 0.1) is 0 Å². The van der Waals surface area contributed by atoms with Crippen molar-refractivity contribution in [3.05, 3.63) is 11.8 Å². The topological polar surface area (TPSA) is 82.8 Å². The molecule has 11 heteroatoms. The van der Waals surface area contributed by atoms with Gasteiger partial charge in [0.2, 0.25) is 17.7 Å². The van der Waals surface area contributed by atoms with E-state index < -0.39 is 24.0 Å². The first-order valence-corrected chi connectivity index (χ1v) is 8.93. The van der Waals surface area contributed by atoms with Gasteiger partial charge in [-0.3, -0.25) is 14.5 Å². The number of nitrogens with zero attached hydrogens (tertiary/aromatic N) is 5. The van der Waals surface area contributed by atoms with E-state index in [1.807, 2.05) is 0 Å². The molecule has 8 nitrogen and oxygen atoms in total. The van der Waals surface area contributed by atoms with Crippen LogP contribution in [-0.2, 0) is 16.0 Å². The van der Waals surface area contributed by atoms with E-state index in [9.17, 15) is 22.8 Å². The molecule has 0 radical (unpaired) electrons. The molecule has 1 atom stereocenters. The number of carbonyl (C=O) groups excluding carboxylic acids is 2. The fourth-order valence-electron chi connectivity index (χ4n) is 3.52. The molecule has 2 fully saturated rings. The van der Waals surface area contributed by atoms with Gasteiger partial charge in [-0.15, -0.1) is 10.2 Å². The number of amides is 2. The van der Waals surface area contributed by atoms with Crippen molar-refractivity contribution in [1.82, 2.24) is 24.9 Å². The van der Waals surface area contributed by atoms with Crippen LogP contribution in [0.2, 0.25) is 0 Å². The summed E-state index contributed by atoms with van der Waals surface area (Å²) in [5.74, 6) is -1.25. The van der Waals surface area contributed by atoms with Gasteiger partial charge in [-0.25, -0.2) is 0 Å². The zero-order valence-corrected chi connectivity index (χ0v) is 15.0. The number of hydrogen-bond acceptors (Lipinski definition) is 6. The summed E-state index contributed by atoms with van der Waals surface area (Å²) >= 11 is 0. The van der Waals surface area contributed by atoms with Gasteiger partial charge in [-0.2, -0.15) is 13.2 Å². The maximum atomic E-state index is 12.7. The number of likely N-dealkylation sites (tertiary alicyclic amines) is 1. The Bertz CT molecular complexity index is 685. The van der Waals surface area contributed by atoms with Crippen molar-refractivity contribution < 1.29 is 27.2 Å². The summed E-state index contributed by atoms with van der Waals surface area (Å²) in [6.07, 6.45) is -3.67. The summed E-state index contributed by atoms with van der Waals surface area (Å²) in [6.45, 7) is 4.46. The minimum absolute atomic E-state index is 0.0295. The number of alkyl halides is 3. The third kappa shape index (κ3) is 4.57. The molecule has 27 heavy (non-hydrogen) atoms. The van der Waals surface area contributed by atoms with Crippen LogP contribution in [0.4, 0.5) is 13.2 Å². The second kappa shape index (κ2) is 7.83. The number of piperazine rings is 1. The van der Waals surface area contributed by atoms with E-state index in [4.69, 9.17) is 4.42 Å². The van der Waals surface area contributed by atoms with E-state index in [1.165, 1.54) is 0 Å². The minimum Gasteiger partial charge on any atom is -0.426 e. The lowest BCUT2D eigenvalue weighted by Gasteiger charge is -2.37. The predicted molar refractivity (Wildman–Crippen MR) is 86.5 cm³/mol. The van der Waals surface area contributed by atoms with Crippen LogP contribution < -0.4 is 0 Å². The smallest absolute Gasteiger partial charge is 0.426 e. The second-order valence-electron chi connectivity index (χ2n) is 6.79. The van der Waals surface area contributed by atoms with E-state index in [-0.39, 0.29) is 13.0 Å². The minimum atomic E-state index is -4.95. The van der Waals surface area contributed by atoms with Crippen LogP contribution in [0.1, 0.15) is 24.6 Å². The van der Waals surface area contributed by atoms with Gasteiger partial charge in [0.15, 0.2) is 0 Å². The summed E-state index contributed by atoms with van der Waals surface area (Å²) in [6, 6.07) is -1.01. The molecule has 0 spiro atoms. The lowest BCUT2D eigenvalue weighted by molar-refractivity contribution is -0.187. The van der Waals surface area contributed by atoms with Crippen molar-refractivity contribution in [3.63, 3.8) is 0 Å². The Morgan fingerprint density at radius 3 is 2.44 bits per heavy atom. The lowest BCUT2D eigenvalue weighted by Crippen LogP contribution is -2.55. The Morgan fingerprint density at radius 2 is 1.85 bits per heavy atom. The van der Waals surface area contributed by atoms with Gasteiger partial charge in [0.25, 0.3) is 0 Å². The summed E-state index contributed by atoms with van der Waals surface area (Å²) < 4.78 is 43.5. The van der Waals surface area contributed by atoms with E-state index >= 15 is 0 Å². The maximum absolute atomic E-state index is 12.7. The number of halogens is 3. The Kier molecular flexibility index (Phi) is 5.68. The number of hydrogen-bond donors (Lipinski definition) is 0. The molecule has 2 amide bonds. The first kappa shape index (κ1) is 19.6. The molecule has 2 aliphatic heterocycles. The molecule has 1 aromatic heterocycles. The predicted octanol–water partition coefficient (Wildman–Crippen LogP) is 0.618. The molecule has 3 rings (SSSR count). The number of aryl methyl sites for hydroxylation is 1. The Balaban J connectivity index is 1.50. The van der Waals surface area contributed by atoms with Crippen LogP contribution in [0, 0.1) is 6.92 Å². The molecule has 0 aromatic carbocycles. The van der Waals surface area contributed by atoms with Crippen molar-refractivity contribution in [1.29, 1.82) is 0 Å². The van der Waals surface area contributed by atoms with Crippen LogP contribution in [0.3, 0.4) is 0 Å². The molecule has 0 N–H and O–H groups in total. The molecule has 2 aliphatic rings. The highest BCUT2D eigenvalue weighted by atomic mass is 19.4. The zero-order chi connectivity index (χ0) is 19.6. The van der Waals surface area contributed by atoms with Crippen molar-refractivity contribution in [2.75, 3.05) is 39.3 Å². The van der Waals surface area contributed by atoms with Crippen LogP contribution >= 0.6 is 0 Å². The SMILES string of the molecule is Cc1nnc(CCN2CCN(C(=O)C3CCCN3C(=O)C(F)(F)F)CC2)o1. The summed E-state index contributed by atoms with van der Waals surface area (Å²) in [5, 5.41) is 7.70. The van der Waals surface area contributed by atoms with Crippen molar-refractivity contribution in [3.8, 4) is 0 Å². The van der Waals surface area contributed by atoms with E-state index in [2.05, 4.69) is 15.1 Å². The molecule has 0 aliphatic carbocycles. The third-order valence-electron chi connectivity index (χ3n) is 4.93. The van der Waals surface area contributed by atoms with Gasteiger partial charge < -0.3 is 14.2 Å². The summed E-state index contributed by atoms with van der Waals surface area (Å²) in [4.78, 5) is 28.5. The molecule has 150 valence electrons. The standard InChI is InChI=1S/C16H22F3N5O3/c1-11-20-21-13(27-11)4-6-22-7-9-23(10-8-22)14(25)12-3-2-5-24(12)15(26)16(17,18)19/h12H,2-10H2,1H3. The third-order valence-corrected chi connectivity index (χ3v) is 4.93.